The van der Waals surface area contributed by atoms with Crippen LogP contribution in [0.2, 0.25) is 0 Å². The number of halogens is 4. The van der Waals surface area contributed by atoms with E-state index >= 15 is 0 Å². The molecule has 28 heavy (non-hydrogen) atoms. The molecule has 2 aromatic rings. The number of carbonyl (C=O) groups is 1. The Morgan fingerprint density at radius 3 is 2.54 bits per heavy atom. The zero-order valence-corrected chi connectivity index (χ0v) is 16.3. The molecule has 10 heteroatoms. The molecule has 2 aliphatic carbocycles. The van der Waals surface area contributed by atoms with E-state index in [0.717, 1.165) is 24.8 Å². The quantitative estimate of drug-likeness (QED) is 0.721. The third-order valence-corrected chi connectivity index (χ3v) is 6.58. The SMILES string of the molecule is Cn1nc(-c2cnc(C(F)(F)F)s2)c(C2CCC2)c1NC(=O)C1CC(C)(F)C1. The molecule has 0 bridgehead atoms. The molecule has 5 nitrogen and oxygen atoms in total. The molecule has 2 fully saturated rings. The molecule has 152 valence electrons. The number of hydrogen-bond donors (Lipinski definition) is 1. The number of anilines is 1. The number of aromatic nitrogens is 3. The van der Waals surface area contributed by atoms with E-state index in [-0.39, 0.29) is 24.7 Å². The maximum absolute atomic E-state index is 13.7. The van der Waals surface area contributed by atoms with Crippen LogP contribution in [-0.4, -0.2) is 26.3 Å². The number of amides is 1. The second-order valence-electron chi connectivity index (χ2n) is 7.90. The van der Waals surface area contributed by atoms with Gasteiger partial charge in [-0.25, -0.2) is 9.37 Å². The average Bonchev–Trinajstić information content (AvgIpc) is 3.10. The molecule has 4 rings (SSSR count). The molecule has 0 aliphatic heterocycles. The van der Waals surface area contributed by atoms with Crippen LogP contribution in [0.4, 0.5) is 23.4 Å². The van der Waals surface area contributed by atoms with Crippen molar-refractivity contribution in [2.45, 2.75) is 56.8 Å². The lowest BCUT2D eigenvalue weighted by Crippen LogP contribution is -2.43. The van der Waals surface area contributed by atoms with Gasteiger partial charge in [0, 0.05) is 24.7 Å². The average molecular weight is 416 g/mol. The summed E-state index contributed by atoms with van der Waals surface area (Å²) in [7, 11) is 1.65. The maximum Gasteiger partial charge on any atom is 0.443 e. The third kappa shape index (κ3) is 3.42. The molecule has 1 N–H and O–H groups in total. The van der Waals surface area contributed by atoms with Crippen molar-refractivity contribution < 1.29 is 22.4 Å². The van der Waals surface area contributed by atoms with Gasteiger partial charge in [-0.1, -0.05) is 6.42 Å². The van der Waals surface area contributed by atoms with Gasteiger partial charge in [0.25, 0.3) is 0 Å². The Balaban J connectivity index is 1.66. The molecule has 2 aromatic heterocycles. The molecule has 0 spiro atoms. The van der Waals surface area contributed by atoms with Gasteiger partial charge in [-0.2, -0.15) is 18.3 Å². The van der Waals surface area contributed by atoms with Crippen molar-refractivity contribution >= 4 is 23.1 Å². The molecule has 0 atom stereocenters. The number of alkyl halides is 4. The summed E-state index contributed by atoms with van der Waals surface area (Å²) in [6.45, 7) is 1.47. The van der Waals surface area contributed by atoms with E-state index in [1.54, 1.807) is 7.05 Å². The van der Waals surface area contributed by atoms with E-state index in [0.29, 0.717) is 27.7 Å². The van der Waals surface area contributed by atoms with Crippen LogP contribution in [-0.2, 0) is 18.0 Å². The molecule has 2 heterocycles. The fraction of sp³-hybridized carbons (Fsp3) is 0.611. The van der Waals surface area contributed by atoms with E-state index in [9.17, 15) is 22.4 Å². The highest BCUT2D eigenvalue weighted by atomic mass is 32.1. The van der Waals surface area contributed by atoms with E-state index in [4.69, 9.17) is 0 Å². The van der Waals surface area contributed by atoms with Crippen molar-refractivity contribution in [1.29, 1.82) is 0 Å². The minimum atomic E-state index is -4.51. The fourth-order valence-corrected chi connectivity index (χ4v) is 4.62. The van der Waals surface area contributed by atoms with Gasteiger partial charge >= 0.3 is 6.18 Å². The highest BCUT2D eigenvalue weighted by Gasteiger charge is 2.45. The largest absolute Gasteiger partial charge is 0.443 e. The van der Waals surface area contributed by atoms with Crippen molar-refractivity contribution in [3.05, 3.63) is 16.8 Å². The summed E-state index contributed by atoms with van der Waals surface area (Å²) in [5.41, 5.74) is -0.131. The molecule has 0 unspecified atom stereocenters. The third-order valence-electron chi connectivity index (χ3n) is 5.54. The van der Waals surface area contributed by atoms with Gasteiger partial charge < -0.3 is 5.32 Å². The normalized spacial score (nSPS) is 25.3. The Morgan fingerprint density at radius 2 is 2.04 bits per heavy atom. The van der Waals surface area contributed by atoms with Crippen LogP contribution in [0.25, 0.3) is 10.6 Å². The second kappa shape index (κ2) is 6.53. The molecular weight excluding hydrogens is 396 g/mol. The van der Waals surface area contributed by atoms with Gasteiger partial charge in [-0.05, 0) is 38.5 Å². The summed E-state index contributed by atoms with van der Waals surface area (Å²) in [5, 5.41) is 6.33. The lowest BCUT2D eigenvalue weighted by Gasteiger charge is -2.37. The number of hydrogen-bond acceptors (Lipinski definition) is 4. The monoisotopic (exact) mass is 416 g/mol. The van der Waals surface area contributed by atoms with E-state index in [1.807, 2.05) is 0 Å². The van der Waals surface area contributed by atoms with Crippen molar-refractivity contribution in [1.82, 2.24) is 14.8 Å². The van der Waals surface area contributed by atoms with Crippen molar-refractivity contribution in [2.75, 3.05) is 5.32 Å². The summed E-state index contributed by atoms with van der Waals surface area (Å²) in [6, 6.07) is 0. The number of thiazole rings is 1. The Labute approximate surface area is 163 Å². The molecule has 2 saturated carbocycles. The summed E-state index contributed by atoms with van der Waals surface area (Å²) in [5.74, 6) is -0.0595. The van der Waals surface area contributed by atoms with Gasteiger partial charge in [0.1, 0.15) is 17.2 Å². The van der Waals surface area contributed by atoms with Crippen LogP contribution in [0.3, 0.4) is 0 Å². The Kier molecular flexibility index (Phi) is 4.52. The molecule has 0 radical (unpaired) electrons. The maximum atomic E-state index is 13.7. The first-order valence-corrected chi connectivity index (χ1v) is 9.97. The van der Waals surface area contributed by atoms with Gasteiger partial charge in [0.05, 0.1) is 4.88 Å². The predicted octanol–water partition coefficient (Wildman–Crippen LogP) is 4.91. The molecule has 2 aliphatic rings. The molecular formula is C18H20F4N4OS. The van der Waals surface area contributed by atoms with Crippen molar-refractivity contribution in [3.63, 3.8) is 0 Å². The number of nitrogens with zero attached hydrogens (tertiary/aromatic N) is 3. The molecule has 0 aromatic carbocycles. The van der Waals surface area contributed by atoms with E-state index in [1.165, 1.54) is 17.8 Å². The summed E-state index contributed by atoms with van der Waals surface area (Å²) < 4.78 is 54.0. The van der Waals surface area contributed by atoms with E-state index < -0.39 is 22.8 Å². The molecule has 1 amide bonds. The summed E-state index contributed by atoms with van der Waals surface area (Å²) >= 11 is 0.547. The van der Waals surface area contributed by atoms with Crippen LogP contribution in [0.5, 0.6) is 0 Å². The standard InChI is InChI=1S/C18H20F4N4OS/c1-17(19)6-10(7-17)15(27)24-14-12(9-4-3-5-9)13(25-26(14)2)11-8-23-16(28-11)18(20,21)22/h8-10H,3-7H2,1-2H3,(H,24,27). The zero-order valence-electron chi connectivity index (χ0n) is 15.4. The Hall–Kier alpha value is -1.97. The summed E-state index contributed by atoms with van der Waals surface area (Å²) in [6.07, 6.45) is -0.181. The Morgan fingerprint density at radius 1 is 1.36 bits per heavy atom. The smallest absolute Gasteiger partial charge is 0.310 e. The minimum absolute atomic E-state index is 0.128. The number of nitrogens with one attached hydrogen (secondary N) is 1. The lowest BCUT2D eigenvalue weighted by molar-refractivity contribution is -0.137. The predicted molar refractivity (Wildman–Crippen MR) is 96.8 cm³/mol. The number of aryl methyl sites for hydroxylation is 1. The van der Waals surface area contributed by atoms with Crippen LogP contribution in [0, 0.1) is 5.92 Å². The van der Waals surface area contributed by atoms with Crippen LogP contribution in [0.1, 0.15) is 55.5 Å². The summed E-state index contributed by atoms with van der Waals surface area (Å²) in [4.78, 5) is 16.3. The second-order valence-corrected chi connectivity index (χ2v) is 8.93. The van der Waals surface area contributed by atoms with Crippen LogP contribution in [0.15, 0.2) is 6.20 Å². The molecule has 0 saturated heterocycles. The zero-order chi connectivity index (χ0) is 20.3. The Bertz CT molecular complexity index is 905. The highest BCUT2D eigenvalue weighted by Crippen LogP contribution is 2.47. The topological polar surface area (TPSA) is 59.8 Å². The minimum Gasteiger partial charge on any atom is -0.310 e. The van der Waals surface area contributed by atoms with Gasteiger partial charge in [-0.15, -0.1) is 11.3 Å². The number of rotatable bonds is 4. The van der Waals surface area contributed by atoms with Gasteiger partial charge in [-0.3, -0.25) is 9.48 Å². The van der Waals surface area contributed by atoms with Gasteiger partial charge in [0.2, 0.25) is 5.91 Å². The highest BCUT2D eigenvalue weighted by molar-refractivity contribution is 7.15. The lowest BCUT2D eigenvalue weighted by atomic mass is 9.73. The van der Waals surface area contributed by atoms with Gasteiger partial charge in [0.15, 0.2) is 5.01 Å². The first kappa shape index (κ1) is 19.4. The first-order chi connectivity index (χ1) is 13.0. The van der Waals surface area contributed by atoms with Crippen LogP contribution >= 0.6 is 11.3 Å². The fourth-order valence-electron chi connectivity index (χ4n) is 3.84. The van der Waals surface area contributed by atoms with Crippen molar-refractivity contribution in [2.24, 2.45) is 13.0 Å². The van der Waals surface area contributed by atoms with E-state index in [2.05, 4.69) is 15.4 Å². The number of carbonyl (C=O) groups excluding carboxylic acids is 1. The van der Waals surface area contributed by atoms with Crippen molar-refractivity contribution in [3.8, 4) is 10.6 Å². The van der Waals surface area contributed by atoms with Crippen LogP contribution < -0.4 is 5.32 Å². The first-order valence-electron chi connectivity index (χ1n) is 9.15.